The number of aliphatic carboxylic acids is 1. The predicted octanol–water partition coefficient (Wildman–Crippen LogP) is 15.0. The molecule has 0 spiro atoms. The number of nitrogens with one attached hydrogen (secondary N) is 10. The third-order valence-electron chi connectivity index (χ3n) is 14.5. The average Bonchev–Trinajstić information content (AvgIpc) is 1.76. The van der Waals surface area contributed by atoms with Gasteiger partial charge in [0, 0.05) is 35.2 Å². The lowest BCUT2D eigenvalue weighted by molar-refractivity contribution is -0.139. The zero-order chi connectivity index (χ0) is 81.1. The summed E-state index contributed by atoms with van der Waals surface area (Å²) in [6.07, 6.45) is 7.75. The Kier molecular flexibility index (Phi) is 34.2. The van der Waals surface area contributed by atoms with Crippen LogP contribution in [0.3, 0.4) is 0 Å². The van der Waals surface area contributed by atoms with Crippen LogP contribution in [0.25, 0.3) is 22.1 Å². The zero-order valence-electron chi connectivity index (χ0n) is 62.3. The quantitative estimate of drug-likeness (QED) is 0.0110. The van der Waals surface area contributed by atoms with Gasteiger partial charge in [-0.2, -0.15) is 43.0 Å². The third-order valence-corrected chi connectivity index (χ3v) is 15.6. The molecule has 0 aliphatic heterocycles. The maximum Gasteiger partial charge on any atom is 0.341 e. The first-order valence-electron chi connectivity index (χ1n) is 34.4. The number of carbonyl (C=O) groups is 6. The number of ether oxygens (including phenoxy) is 5. The number of benzene rings is 10. The van der Waals surface area contributed by atoms with Crippen LogP contribution in [0.5, 0.6) is 28.7 Å². The molecule has 10 aromatic carbocycles. The topological polar surface area (TPSA) is 402 Å². The maximum atomic E-state index is 11.8. The molecule has 582 valence electrons. The normalized spacial score (nSPS) is 10.5. The molecule has 12 rings (SSSR count). The lowest BCUT2D eigenvalue weighted by Gasteiger charge is -2.08. The van der Waals surface area contributed by atoms with Gasteiger partial charge in [-0.25, -0.2) is 45.7 Å². The largest absolute Gasteiger partial charge is 0.496 e. The number of carboxylic acids is 1. The van der Waals surface area contributed by atoms with Crippen LogP contribution in [-0.4, -0.2) is 117 Å². The molecule has 8 amide bonds. The van der Waals surface area contributed by atoms with Gasteiger partial charge in [0.25, 0.3) is 0 Å². The molecule has 114 heavy (non-hydrogen) atoms. The molecule has 12 aromatic rings. The van der Waals surface area contributed by atoms with Gasteiger partial charge in [-0.3, -0.25) is 10.2 Å². The number of rotatable bonds is 25. The Hall–Kier alpha value is -15.3. The number of hydrogen-bond acceptors (Lipinski definition) is 24. The zero-order valence-corrected chi connectivity index (χ0v) is 63.9. The fraction of sp³-hybridized carbons (Fsp3) is 0.0988. The summed E-state index contributed by atoms with van der Waals surface area (Å²) in [5, 5.41) is 42.0. The second kappa shape index (κ2) is 46.2. The maximum absolute atomic E-state index is 11.8. The van der Waals surface area contributed by atoms with Gasteiger partial charge >= 0.3 is 36.1 Å². The Morgan fingerprint density at radius 1 is 0.421 bits per heavy atom. The number of carbonyl (C=O) groups excluding carboxylic acids is 5. The van der Waals surface area contributed by atoms with Gasteiger partial charge in [0.1, 0.15) is 45.1 Å². The molecule has 31 nitrogen and oxygen atoms in total. The number of hydrazone groups is 5. The summed E-state index contributed by atoms with van der Waals surface area (Å²) in [4.78, 5) is 68.2. The summed E-state index contributed by atoms with van der Waals surface area (Å²) in [6, 6.07) is 69.5. The summed E-state index contributed by atoms with van der Waals surface area (Å²) in [5.41, 5.74) is 25.4. The number of amides is 8. The van der Waals surface area contributed by atoms with Gasteiger partial charge in [-0.1, -0.05) is 109 Å². The molecule has 0 radical (unpaired) electrons. The van der Waals surface area contributed by atoms with Crippen LogP contribution < -0.4 is 77.4 Å². The average molecular weight is 1570 g/mol. The minimum absolute atomic E-state index is 0.317. The van der Waals surface area contributed by atoms with Gasteiger partial charge in [0.2, 0.25) is 0 Å². The Morgan fingerprint density at radius 3 is 1.42 bits per heavy atom. The first-order chi connectivity index (χ1) is 55.4. The van der Waals surface area contributed by atoms with Crippen LogP contribution in [0, 0.1) is 13.8 Å². The second-order valence-corrected chi connectivity index (χ2v) is 24.2. The first-order valence-corrected chi connectivity index (χ1v) is 35.8. The van der Waals surface area contributed by atoms with Crippen LogP contribution in [0.2, 0.25) is 0 Å². The van der Waals surface area contributed by atoms with Crippen molar-refractivity contribution >= 4 is 141 Å². The summed E-state index contributed by atoms with van der Waals surface area (Å²) in [5.74, 6) is 1.80. The number of nitrogens with zero attached hydrogens (tertiary/aromatic N) is 9. The Morgan fingerprint density at radius 2 is 0.877 bits per heavy atom. The van der Waals surface area contributed by atoms with Crippen molar-refractivity contribution in [2.75, 3.05) is 54.0 Å². The van der Waals surface area contributed by atoms with Crippen LogP contribution in [0.1, 0.15) is 52.8 Å². The molecule has 11 N–H and O–H groups in total. The molecule has 0 saturated heterocycles. The number of anilines is 5. The van der Waals surface area contributed by atoms with E-state index >= 15 is 0 Å². The van der Waals surface area contributed by atoms with Gasteiger partial charge in [-0.05, 0) is 189 Å². The van der Waals surface area contributed by atoms with Gasteiger partial charge in [-0.15, -0.1) is 0 Å². The molecule has 0 saturated carbocycles. The first kappa shape index (κ1) is 84.4. The van der Waals surface area contributed by atoms with Gasteiger partial charge < -0.3 is 55.4 Å². The lowest BCUT2D eigenvalue weighted by Crippen LogP contribution is -2.24. The van der Waals surface area contributed by atoms with Crippen LogP contribution >= 0.6 is 23.5 Å². The lowest BCUT2D eigenvalue weighted by atomic mass is 10.2. The summed E-state index contributed by atoms with van der Waals surface area (Å²) < 4.78 is 42.4. The van der Waals surface area contributed by atoms with E-state index in [1.54, 1.807) is 111 Å². The Balaban J connectivity index is 0.000000179. The molecule has 0 fully saturated rings. The van der Waals surface area contributed by atoms with E-state index in [0.717, 1.165) is 73.3 Å². The molecule has 0 unspecified atom stereocenters. The molecule has 0 aliphatic carbocycles. The highest BCUT2D eigenvalue weighted by atomic mass is 32.1. The molecular weight excluding hydrogens is 1500 g/mol. The van der Waals surface area contributed by atoms with E-state index < -0.39 is 36.6 Å². The summed E-state index contributed by atoms with van der Waals surface area (Å²) in [7, 11) is 3.10. The molecular formula is C81H79N19O12S2. The predicted molar refractivity (Wildman–Crippen MR) is 447 cm³/mol. The van der Waals surface area contributed by atoms with Crippen LogP contribution in [0.15, 0.2) is 274 Å². The highest BCUT2D eigenvalue weighted by Gasteiger charge is 2.11. The minimum Gasteiger partial charge on any atom is -0.496 e. The van der Waals surface area contributed by atoms with Crippen molar-refractivity contribution in [3.8, 4) is 28.7 Å². The number of para-hydroxylation sites is 3. The van der Waals surface area contributed by atoms with Gasteiger partial charge in [0.05, 0.1) is 81.0 Å². The Bertz CT molecular complexity index is 5270. The molecule has 0 aliphatic rings. The summed E-state index contributed by atoms with van der Waals surface area (Å²) >= 11 is 2.30. The van der Waals surface area contributed by atoms with Crippen molar-refractivity contribution < 1.29 is 57.6 Å². The fourth-order valence-corrected chi connectivity index (χ4v) is 10.2. The van der Waals surface area contributed by atoms with E-state index in [0.29, 0.717) is 63.5 Å². The molecule has 33 heteroatoms. The number of esters is 1. The number of hydrogen-bond donors (Lipinski definition) is 11. The Labute approximate surface area is 663 Å². The smallest absolute Gasteiger partial charge is 0.341 e. The van der Waals surface area contributed by atoms with Gasteiger partial charge in [0.15, 0.2) is 18.1 Å². The summed E-state index contributed by atoms with van der Waals surface area (Å²) in [6.45, 7) is 11.4. The van der Waals surface area contributed by atoms with E-state index in [9.17, 15) is 28.8 Å². The van der Waals surface area contributed by atoms with Crippen LogP contribution in [-0.2, 0) is 9.59 Å². The van der Waals surface area contributed by atoms with E-state index in [4.69, 9.17) is 28.8 Å². The number of aryl methyl sites for hydroxylation is 2. The SMILES string of the molecule is C=C(N/N=C/c1ccccc1OC)Nc1ccc2nsnc2c1.CCOc1ccc(/C=N/NC(=O)Nc2ccccc2)cc1.COc1cc(/C=N/NC(=O)Nc2ccccc2)ccc1OC(C)=O.Cc1ccc(/C=N/NC(=O)Nc2cccc3nsnc23)cc1.Cc1ccc(NC(=O)N/N=C/c2ccc(OCC(=O)O)cc2)cc1. The highest BCUT2D eigenvalue weighted by Crippen LogP contribution is 2.28. The second-order valence-electron chi connectivity index (χ2n) is 23.2. The number of carboxylic acid groups (broad SMARTS) is 1. The number of urea groups is 4. The molecule has 2 aromatic heterocycles. The monoisotopic (exact) mass is 1570 g/mol. The van der Waals surface area contributed by atoms with E-state index in [2.05, 4.69) is 103 Å². The number of fused-ring (bicyclic) bond motifs is 2. The molecule has 0 atom stereocenters. The van der Waals surface area contributed by atoms with Crippen molar-refractivity contribution in [1.29, 1.82) is 0 Å². The number of aromatic nitrogens is 4. The standard InChI is InChI=1S/2C17H17N3O4.C16H15N5OS.C16H17N3O2.C15H13N5OS/c1-12-2-6-14(7-3-12)19-17(23)20-18-10-13-4-8-15(9-5-13)24-11-16(21)22;1-12(21)24-15-9-8-13(10-16(15)23-2)11-18-20-17(22)19-14-6-4-3-5-7-14;1-11(18-13-7-8-14-15(9-13)21-23-20-14)19-17-10-12-5-3-4-6-16(12)22-2;1-2-21-15-10-8-13(9-11-15)12-17-19-16(20)18-14-6-4-3-5-7-14;1-10-5-7-11(8-6-10)9-16-18-15(21)17-12-3-2-4-13-14(12)20-22-19-13/h2-10H,11H2,1H3,(H,21,22)(H2,19,20,23);3-11H,1-2H3,(H2,19,20,22);3-10,18-19H,1H2,2H3;3-12H,2H2,1H3,(H2,18,19,20);2-9H,1H3,(H2,17,18,21)/b18-10+;18-11+;17-10+;17-12+;16-9+. The van der Waals surface area contributed by atoms with Crippen molar-refractivity contribution in [2.24, 2.45) is 25.5 Å². The molecule has 0 bridgehead atoms. The van der Waals surface area contributed by atoms with Crippen molar-refractivity contribution in [2.45, 2.75) is 27.7 Å². The third kappa shape index (κ3) is 30.8. The van der Waals surface area contributed by atoms with Crippen LogP contribution in [0.4, 0.5) is 47.6 Å². The highest BCUT2D eigenvalue weighted by molar-refractivity contribution is 7.00. The van der Waals surface area contributed by atoms with E-state index in [-0.39, 0.29) is 6.03 Å². The van der Waals surface area contributed by atoms with Crippen molar-refractivity contribution in [3.05, 3.63) is 288 Å². The van der Waals surface area contributed by atoms with E-state index in [1.165, 1.54) is 43.8 Å². The van der Waals surface area contributed by atoms with Crippen molar-refractivity contribution in [1.82, 2.24) is 44.6 Å². The fourth-order valence-electron chi connectivity index (χ4n) is 9.16. The number of methoxy groups -OCH3 is 2. The minimum atomic E-state index is -1.04. The van der Waals surface area contributed by atoms with E-state index in [1.807, 2.05) is 172 Å². The van der Waals surface area contributed by atoms with Crippen molar-refractivity contribution in [3.63, 3.8) is 0 Å². The molecule has 2 heterocycles.